The lowest BCUT2D eigenvalue weighted by Crippen LogP contribution is -2.28. The maximum Gasteiger partial charge on any atom is 0.418 e. The predicted octanol–water partition coefficient (Wildman–Crippen LogP) is 5.23. The summed E-state index contributed by atoms with van der Waals surface area (Å²) in [7, 11) is 0. The van der Waals surface area contributed by atoms with Gasteiger partial charge in [0.2, 0.25) is 0 Å². The number of nitrogens with zero attached hydrogens (tertiary/aromatic N) is 2. The first-order valence-electron chi connectivity index (χ1n) is 8.36. The Kier molecular flexibility index (Phi) is 5.25. The van der Waals surface area contributed by atoms with Gasteiger partial charge >= 0.3 is 12.4 Å². The summed E-state index contributed by atoms with van der Waals surface area (Å²) >= 11 is 0. The molecule has 0 aliphatic carbocycles. The number of pyridine rings is 2. The van der Waals surface area contributed by atoms with Gasteiger partial charge in [-0.1, -0.05) is 18.2 Å². The number of hydrogen-bond donors (Lipinski definition) is 0. The van der Waals surface area contributed by atoms with E-state index in [1.165, 1.54) is 18.3 Å². The Labute approximate surface area is 161 Å². The second-order valence-electron chi connectivity index (χ2n) is 6.41. The van der Waals surface area contributed by atoms with Gasteiger partial charge in [0, 0.05) is 18.5 Å². The summed E-state index contributed by atoms with van der Waals surface area (Å²) in [5, 5.41) is 0. The van der Waals surface area contributed by atoms with Crippen LogP contribution in [0.4, 0.5) is 26.3 Å². The fourth-order valence-corrected chi connectivity index (χ4v) is 3.00. The molecule has 0 fully saturated rings. The molecule has 0 bridgehead atoms. The van der Waals surface area contributed by atoms with Gasteiger partial charge in [0.15, 0.2) is 0 Å². The molecule has 0 aliphatic heterocycles. The van der Waals surface area contributed by atoms with E-state index in [4.69, 9.17) is 0 Å². The van der Waals surface area contributed by atoms with E-state index in [0.717, 1.165) is 47.2 Å². The predicted molar refractivity (Wildman–Crippen MR) is 93.4 cm³/mol. The molecule has 0 spiro atoms. The van der Waals surface area contributed by atoms with Gasteiger partial charge in [0.1, 0.15) is 6.04 Å². The molecule has 0 radical (unpaired) electrons. The largest absolute Gasteiger partial charge is 0.418 e. The number of alkyl halides is 6. The maximum atomic E-state index is 13.6. The molecule has 29 heavy (non-hydrogen) atoms. The van der Waals surface area contributed by atoms with Gasteiger partial charge in [-0.15, -0.1) is 0 Å². The van der Waals surface area contributed by atoms with Gasteiger partial charge in [0.05, 0.1) is 16.8 Å². The average Bonchev–Trinajstić information content (AvgIpc) is 2.64. The Morgan fingerprint density at radius 2 is 1.55 bits per heavy atom. The van der Waals surface area contributed by atoms with Crippen LogP contribution >= 0.6 is 0 Å². The van der Waals surface area contributed by atoms with Crippen molar-refractivity contribution in [2.75, 3.05) is 0 Å². The molecule has 2 aromatic heterocycles. The highest BCUT2D eigenvalue weighted by Crippen LogP contribution is 2.37. The quantitative estimate of drug-likeness (QED) is 0.553. The van der Waals surface area contributed by atoms with Gasteiger partial charge in [-0.2, -0.15) is 26.3 Å². The topological polar surface area (TPSA) is 34.9 Å². The summed E-state index contributed by atoms with van der Waals surface area (Å²) in [6, 6.07) is 6.87. The standard InChI is InChI=1S/C20H14F6N2O/c1-12-4-9-16(29)28(11-12)18(13-5-7-14(8-6-13)19(21,22)23)17-15(20(24,25)26)3-2-10-27-17/h2-11,18H,1H3/t18-/m0/s1. The van der Waals surface area contributed by atoms with Crippen LogP contribution in [0.15, 0.2) is 65.7 Å². The third-order valence-corrected chi connectivity index (χ3v) is 4.32. The van der Waals surface area contributed by atoms with Crippen molar-refractivity contribution in [3.8, 4) is 0 Å². The van der Waals surface area contributed by atoms with Crippen molar-refractivity contribution < 1.29 is 26.3 Å². The van der Waals surface area contributed by atoms with Crippen LogP contribution in [-0.4, -0.2) is 9.55 Å². The molecule has 0 saturated carbocycles. The number of rotatable bonds is 3. The Bertz CT molecular complexity index is 1070. The van der Waals surface area contributed by atoms with Gasteiger partial charge in [0.25, 0.3) is 5.56 Å². The van der Waals surface area contributed by atoms with Crippen molar-refractivity contribution in [2.24, 2.45) is 0 Å². The van der Waals surface area contributed by atoms with Crippen molar-refractivity contribution in [1.29, 1.82) is 0 Å². The van der Waals surface area contributed by atoms with Crippen LogP contribution in [-0.2, 0) is 12.4 Å². The van der Waals surface area contributed by atoms with E-state index < -0.39 is 40.8 Å². The van der Waals surface area contributed by atoms with Crippen molar-refractivity contribution in [2.45, 2.75) is 25.3 Å². The van der Waals surface area contributed by atoms with E-state index in [0.29, 0.717) is 5.56 Å². The summed E-state index contributed by atoms with van der Waals surface area (Å²) in [6.07, 6.45) is -6.88. The van der Waals surface area contributed by atoms with Crippen LogP contribution in [0.1, 0.15) is 34.0 Å². The number of hydrogen-bond acceptors (Lipinski definition) is 2. The average molecular weight is 412 g/mol. The van der Waals surface area contributed by atoms with E-state index in [9.17, 15) is 31.1 Å². The van der Waals surface area contributed by atoms with Crippen molar-refractivity contribution in [1.82, 2.24) is 9.55 Å². The highest BCUT2D eigenvalue weighted by molar-refractivity contribution is 5.37. The smallest absolute Gasteiger partial charge is 0.302 e. The van der Waals surface area contributed by atoms with Crippen LogP contribution in [0.2, 0.25) is 0 Å². The molecular formula is C20H14F6N2O. The molecule has 0 aliphatic rings. The van der Waals surface area contributed by atoms with Gasteiger partial charge in [-0.25, -0.2) is 0 Å². The minimum absolute atomic E-state index is 0.0647. The lowest BCUT2D eigenvalue weighted by atomic mass is 9.97. The first-order valence-corrected chi connectivity index (χ1v) is 8.36. The van der Waals surface area contributed by atoms with Crippen LogP contribution in [0.25, 0.3) is 0 Å². The fourth-order valence-electron chi connectivity index (χ4n) is 3.00. The molecular weight excluding hydrogens is 398 g/mol. The first kappa shape index (κ1) is 20.6. The SMILES string of the molecule is Cc1ccc(=O)n([C@@H](c2ccc(C(F)(F)F)cc2)c2ncccc2C(F)(F)F)c1. The molecule has 0 saturated heterocycles. The second-order valence-corrected chi connectivity index (χ2v) is 6.41. The molecule has 3 rings (SSSR count). The molecule has 3 aromatic rings. The molecule has 152 valence electrons. The molecule has 1 atom stereocenters. The maximum absolute atomic E-state index is 13.6. The van der Waals surface area contributed by atoms with Crippen LogP contribution in [0.3, 0.4) is 0 Å². The van der Waals surface area contributed by atoms with E-state index in [1.807, 2.05) is 0 Å². The highest BCUT2D eigenvalue weighted by Gasteiger charge is 2.37. The minimum Gasteiger partial charge on any atom is -0.302 e. The number of halogens is 6. The highest BCUT2D eigenvalue weighted by atomic mass is 19.4. The van der Waals surface area contributed by atoms with Crippen molar-refractivity contribution in [3.63, 3.8) is 0 Å². The van der Waals surface area contributed by atoms with Crippen LogP contribution in [0, 0.1) is 6.92 Å². The summed E-state index contributed by atoms with van der Waals surface area (Å²) in [4.78, 5) is 16.3. The lowest BCUT2D eigenvalue weighted by Gasteiger charge is -2.24. The van der Waals surface area contributed by atoms with Crippen LogP contribution in [0.5, 0.6) is 0 Å². The Morgan fingerprint density at radius 1 is 0.897 bits per heavy atom. The van der Waals surface area contributed by atoms with Gasteiger partial charge in [-0.3, -0.25) is 9.78 Å². The van der Waals surface area contributed by atoms with E-state index in [-0.39, 0.29) is 5.56 Å². The molecule has 9 heteroatoms. The van der Waals surface area contributed by atoms with E-state index in [2.05, 4.69) is 4.98 Å². The van der Waals surface area contributed by atoms with Crippen molar-refractivity contribution >= 4 is 0 Å². The Morgan fingerprint density at radius 3 is 2.14 bits per heavy atom. The summed E-state index contributed by atoms with van der Waals surface area (Å²) < 4.78 is 80.4. The van der Waals surface area contributed by atoms with E-state index >= 15 is 0 Å². The summed E-state index contributed by atoms with van der Waals surface area (Å²) in [6.45, 7) is 1.64. The second kappa shape index (κ2) is 7.38. The zero-order valence-electron chi connectivity index (χ0n) is 14.9. The first-order chi connectivity index (χ1) is 13.5. The third kappa shape index (κ3) is 4.33. The molecule has 3 nitrogen and oxygen atoms in total. The molecule has 0 amide bonds. The molecule has 0 unspecified atom stereocenters. The normalized spacial score (nSPS) is 13.3. The molecule has 2 heterocycles. The van der Waals surface area contributed by atoms with Crippen LogP contribution < -0.4 is 5.56 Å². The minimum atomic E-state index is -4.76. The zero-order chi connectivity index (χ0) is 21.4. The number of aryl methyl sites for hydroxylation is 1. The fraction of sp³-hybridized carbons (Fsp3) is 0.200. The van der Waals surface area contributed by atoms with Crippen molar-refractivity contribution in [3.05, 3.63) is 99.2 Å². The molecule has 1 aromatic carbocycles. The molecule has 0 N–H and O–H groups in total. The van der Waals surface area contributed by atoms with Gasteiger partial charge < -0.3 is 4.57 Å². The summed E-state index contributed by atoms with van der Waals surface area (Å²) in [5.74, 6) is 0. The monoisotopic (exact) mass is 412 g/mol. The Hall–Kier alpha value is -3.10. The summed E-state index contributed by atoms with van der Waals surface area (Å²) in [5.41, 5.74) is -2.46. The van der Waals surface area contributed by atoms with E-state index in [1.54, 1.807) is 6.92 Å². The number of aromatic nitrogens is 2. The Balaban J connectivity index is 2.28. The number of benzene rings is 1. The third-order valence-electron chi connectivity index (χ3n) is 4.32. The lowest BCUT2D eigenvalue weighted by molar-refractivity contribution is -0.139. The van der Waals surface area contributed by atoms with Gasteiger partial charge in [-0.05, 0) is 42.3 Å². The zero-order valence-corrected chi connectivity index (χ0v) is 14.9.